The Balaban J connectivity index is 0.000000101. The number of benzene rings is 5. The highest BCUT2D eigenvalue weighted by molar-refractivity contribution is 5.93. The monoisotopic (exact) mass is 1820 g/mol. The molecule has 5 aromatic rings. The molecule has 15 aliphatic heterocycles. The molecule has 5 aromatic carbocycles. The number of esters is 5. The van der Waals surface area contributed by atoms with Gasteiger partial charge in [0.15, 0.2) is 40.6 Å². The van der Waals surface area contributed by atoms with E-state index in [0.717, 1.165) is 191 Å². The van der Waals surface area contributed by atoms with E-state index >= 15 is 0 Å². The van der Waals surface area contributed by atoms with Gasteiger partial charge in [0.25, 0.3) is 0 Å². The molecule has 22 nitrogen and oxygen atoms in total. The first-order chi connectivity index (χ1) is 65.8. The van der Waals surface area contributed by atoms with Gasteiger partial charge in [-0.25, -0.2) is 24.0 Å². The van der Waals surface area contributed by atoms with Crippen molar-refractivity contribution in [2.45, 2.75) is 242 Å². The number of aliphatic hydroxyl groups is 2. The Labute approximate surface area is 790 Å². The molecule has 22 heteroatoms. The number of fused-ring (bicyclic) bond motifs is 15. The van der Waals surface area contributed by atoms with Crippen molar-refractivity contribution in [3.8, 4) is 11.8 Å². The van der Waals surface area contributed by atoms with Crippen molar-refractivity contribution in [2.75, 3.05) is 67.1 Å². The number of piperidine rings is 3. The van der Waals surface area contributed by atoms with Gasteiger partial charge in [0.1, 0.15) is 0 Å². The summed E-state index contributed by atoms with van der Waals surface area (Å²) in [4.78, 5) is 75.8. The van der Waals surface area contributed by atoms with Gasteiger partial charge in [-0.1, -0.05) is 219 Å². The fourth-order valence-electron chi connectivity index (χ4n) is 26.7. The molecular weight excluding hydrogens is 1700 g/mol. The molecule has 20 aliphatic rings. The lowest BCUT2D eigenvalue weighted by Gasteiger charge is -2.38. The molecule has 135 heavy (non-hydrogen) atoms. The second-order valence-electron chi connectivity index (χ2n) is 39.6. The average Bonchev–Trinajstić information content (AvgIpc) is 1.55. The molecule has 2 N–H and O–H groups in total. The van der Waals surface area contributed by atoms with Crippen LogP contribution in [0.15, 0.2) is 274 Å². The maximum Gasteiger partial charge on any atom is 0.332 e. The summed E-state index contributed by atoms with van der Waals surface area (Å²) < 4.78 is 52.2. The van der Waals surface area contributed by atoms with E-state index in [4.69, 9.17) is 47.7 Å². The molecule has 5 spiro atoms. The predicted octanol–water partition coefficient (Wildman–Crippen LogP) is 15.0. The number of anilines is 1. The molecule has 5 aliphatic carbocycles. The first-order valence-electron chi connectivity index (χ1n) is 48.6. The largest absolute Gasteiger partial charge is 0.449 e. The lowest BCUT2D eigenvalue weighted by atomic mass is 9.76. The van der Waals surface area contributed by atoms with Crippen molar-refractivity contribution >= 4 is 59.8 Å². The van der Waals surface area contributed by atoms with Crippen LogP contribution in [0.3, 0.4) is 0 Å². The van der Waals surface area contributed by atoms with E-state index in [9.17, 15) is 29.1 Å². The zero-order valence-corrected chi connectivity index (χ0v) is 77.7. The lowest BCUT2D eigenvalue weighted by Crippen LogP contribution is -2.48. The van der Waals surface area contributed by atoms with E-state index in [-0.39, 0.29) is 91.9 Å². The van der Waals surface area contributed by atoms with Crippen LogP contribution < -0.4 is 4.90 Å². The molecule has 17 atom stereocenters. The quantitative estimate of drug-likeness (QED) is 0.0382. The summed E-state index contributed by atoms with van der Waals surface area (Å²) in [5.74, 6) is 5.46. The first-order valence-corrected chi connectivity index (χ1v) is 48.6. The average molecular weight is 1820 g/mol. The highest BCUT2D eigenvalue weighted by Crippen LogP contribution is 2.61. The topological polar surface area (TPSA) is 228 Å². The molecule has 25 rings (SSSR count). The van der Waals surface area contributed by atoms with Crippen LogP contribution >= 0.6 is 0 Å². The van der Waals surface area contributed by atoms with Crippen LogP contribution in [-0.2, 0) is 79.8 Å². The number of carbonyl (C=O) groups is 5. The Hall–Kier alpha value is -11.3. The fourth-order valence-corrected chi connectivity index (χ4v) is 26.7. The van der Waals surface area contributed by atoms with E-state index in [1.807, 2.05) is 99.0 Å². The van der Waals surface area contributed by atoms with E-state index in [2.05, 4.69) is 169 Å². The van der Waals surface area contributed by atoms with Gasteiger partial charge in [0.2, 0.25) is 0 Å². The molecule has 0 radical (unpaired) electrons. The second kappa shape index (κ2) is 37.0. The standard InChI is InChI=1S/C23H26N2O2.2C23H25NO4.C22H23NO3.C22H21NO3/c1-24(2)18-10-7-16(8-11-18)6-9-17-13-19-15-23(20(17)14-22(26)27-23)21-5-3-4-12-25(19)21;2*1-26-22(27-2)19-10-11-20-23-14-17(24(19)20)12-16(18(23)13-21(25)28-23)9-8-15-6-4-3-5-7-15;2*24-14-16-6-4-15(5-7-16)8-9-17-11-18-13-22(19(17)12-21(25)26-22)20-3-1-2-10-23(18)20/h6-11,13-14,19,21H,3-5,12,15H2,1-2H3;2*3-9,12-13,17,19-20,22H,10-11,14H2,1-2H3;4-9,11-12,18,20,24H,1-3,10,13-14H2;4-7,11-12,18,20,24H,1-3,10,13-14H2. The van der Waals surface area contributed by atoms with E-state index in [0.29, 0.717) is 36.3 Å². The summed E-state index contributed by atoms with van der Waals surface area (Å²) in [6.45, 7) is 3.37. The van der Waals surface area contributed by atoms with Crippen LogP contribution in [0.1, 0.15) is 155 Å². The Kier molecular flexibility index (Phi) is 24.7. The summed E-state index contributed by atoms with van der Waals surface area (Å²) in [5.41, 5.74) is 16.6. The molecule has 15 heterocycles. The van der Waals surface area contributed by atoms with Crippen molar-refractivity contribution in [2.24, 2.45) is 0 Å². The molecule has 0 aromatic heterocycles. The normalized spacial score (nSPS) is 32.9. The number of carbonyl (C=O) groups excluding carboxylic acids is 5. The zero-order valence-electron chi connectivity index (χ0n) is 77.7. The minimum atomic E-state index is -0.534. The van der Waals surface area contributed by atoms with Crippen LogP contribution in [0.25, 0.3) is 24.3 Å². The van der Waals surface area contributed by atoms with Crippen LogP contribution in [0, 0.1) is 11.8 Å². The maximum absolute atomic E-state index is 12.3. The Bertz CT molecular complexity index is 5870. The molecule has 10 bridgehead atoms. The molecule has 10 fully saturated rings. The number of methoxy groups -OCH3 is 4. The summed E-state index contributed by atoms with van der Waals surface area (Å²) in [5, 5.41) is 18.3. The minimum absolute atomic E-state index is 0.0343. The highest BCUT2D eigenvalue weighted by Gasteiger charge is 2.69. The zero-order chi connectivity index (χ0) is 92.7. The smallest absolute Gasteiger partial charge is 0.332 e. The minimum Gasteiger partial charge on any atom is -0.449 e. The van der Waals surface area contributed by atoms with Gasteiger partial charge in [0, 0.05) is 180 Å². The summed E-state index contributed by atoms with van der Waals surface area (Å²) >= 11 is 0. The fraction of sp³-hybridized carbons (Fsp3) is 0.425. The Morgan fingerprint density at radius 3 is 1.04 bits per heavy atom. The third-order valence-corrected chi connectivity index (χ3v) is 32.3. The Morgan fingerprint density at radius 2 is 0.681 bits per heavy atom. The molecule has 0 amide bonds. The van der Waals surface area contributed by atoms with Crippen molar-refractivity contribution in [3.05, 3.63) is 313 Å². The third kappa shape index (κ3) is 16.2. The van der Waals surface area contributed by atoms with E-state index < -0.39 is 28.0 Å². The second-order valence-corrected chi connectivity index (χ2v) is 39.6. The van der Waals surface area contributed by atoms with Gasteiger partial charge in [-0.2, -0.15) is 0 Å². The number of rotatable bonds is 17. The molecule has 17 unspecified atom stereocenters. The third-order valence-electron chi connectivity index (χ3n) is 32.3. The molecule has 698 valence electrons. The number of nitrogens with zero attached hydrogens (tertiary/aromatic N) is 6. The van der Waals surface area contributed by atoms with Gasteiger partial charge < -0.3 is 57.7 Å². The molecule has 10 saturated heterocycles. The number of ether oxygens (including phenoxy) is 9. The van der Waals surface area contributed by atoms with Crippen molar-refractivity contribution in [1.82, 2.24) is 24.5 Å². The number of hydrogen-bond donors (Lipinski definition) is 2. The highest BCUT2D eigenvalue weighted by atomic mass is 16.7. The van der Waals surface area contributed by atoms with Gasteiger partial charge in [0.05, 0.1) is 55.5 Å². The first kappa shape index (κ1) is 90.2. The van der Waals surface area contributed by atoms with Gasteiger partial charge in [-0.3, -0.25) is 24.5 Å². The van der Waals surface area contributed by atoms with Crippen LogP contribution in [-0.4, -0.2) is 240 Å². The van der Waals surface area contributed by atoms with Gasteiger partial charge >= 0.3 is 29.8 Å². The van der Waals surface area contributed by atoms with Crippen molar-refractivity contribution < 1.29 is 76.8 Å². The van der Waals surface area contributed by atoms with Crippen molar-refractivity contribution in [1.29, 1.82) is 0 Å². The van der Waals surface area contributed by atoms with Crippen LogP contribution in [0.5, 0.6) is 0 Å². The SMILES string of the molecule is CN(C)c1ccc(C=CC2=CC3CC4(OC(=O)C=C24)C2CCCCN32)cc1.COC(OC)C1CCC2N1C1C=C(C=Cc3ccccc3)C3=CC(=O)OC32C1.COC(OC)C1CCC2N1C1C=C(C=Cc3ccccc3)C3=CC(=O)OC32C1.O=C1C=C2C(C#Cc3ccc(CO)cc3)=CC3CC2(O1)C1CCCCN31.O=C1C=C2C(C=Cc3ccc(CO)cc3)=CC3CC2(O1)C1CCCCN31. The predicted molar refractivity (Wildman–Crippen MR) is 514 cm³/mol. The van der Waals surface area contributed by atoms with Crippen molar-refractivity contribution in [3.63, 3.8) is 0 Å². The van der Waals surface area contributed by atoms with Gasteiger partial charge in [-0.15, -0.1) is 0 Å². The van der Waals surface area contributed by atoms with E-state index in [1.54, 1.807) is 58.8 Å². The molecular formula is C113H120N6O16. The molecule has 0 saturated carbocycles. The van der Waals surface area contributed by atoms with Crippen LogP contribution in [0.4, 0.5) is 5.69 Å². The summed E-state index contributed by atoms with van der Waals surface area (Å²) in [7, 11) is 10.8. The van der Waals surface area contributed by atoms with Crippen LogP contribution in [0.2, 0.25) is 0 Å². The lowest BCUT2D eigenvalue weighted by molar-refractivity contribution is -0.152. The Morgan fingerprint density at radius 1 is 0.363 bits per heavy atom. The summed E-state index contributed by atoms with van der Waals surface area (Å²) in [6.07, 6.45) is 55.2. The number of aliphatic hydroxyl groups excluding tert-OH is 2. The maximum atomic E-state index is 12.3. The number of hydrogen-bond acceptors (Lipinski definition) is 22. The summed E-state index contributed by atoms with van der Waals surface area (Å²) in [6, 6.07) is 47.5. The number of allylic oxidation sites excluding steroid dienone is 4. The van der Waals surface area contributed by atoms with E-state index in [1.165, 1.54) is 44.2 Å². The van der Waals surface area contributed by atoms with Gasteiger partial charge in [-0.05, 0) is 164 Å².